The SMILES string of the molecule is COc1cc2c(cc1NC(=O)[C@H](C)OC(=O)c1ccc(Cl)c(S(=O)(=O)N(C)OC)c1)oc1ccccc12. The van der Waals surface area contributed by atoms with Gasteiger partial charge in [-0.3, -0.25) is 9.63 Å². The number of ether oxygens (including phenoxy) is 2. The second-order valence-corrected chi connectivity index (χ2v) is 10.2. The molecule has 3 aromatic carbocycles. The first-order valence-corrected chi connectivity index (χ1v) is 12.7. The maximum absolute atomic E-state index is 12.8. The first kappa shape index (κ1) is 26.4. The van der Waals surface area contributed by atoms with E-state index in [9.17, 15) is 18.0 Å². The van der Waals surface area contributed by atoms with Crippen molar-refractivity contribution in [2.24, 2.45) is 0 Å². The highest BCUT2D eigenvalue weighted by Crippen LogP contribution is 2.36. The lowest BCUT2D eigenvalue weighted by molar-refractivity contribution is -0.123. The number of sulfonamides is 1. The Hall–Kier alpha value is -3.64. The number of benzene rings is 3. The summed E-state index contributed by atoms with van der Waals surface area (Å²) in [4.78, 5) is 30.0. The molecule has 0 unspecified atom stereocenters. The summed E-state index contributed by atoms with van der Waals surface area (Å²) < 4.78 is 42.4. The van der Waals surface area contributed by atoms with Gasteiger partial charge < -0.3 is 19.2 Å². The van der Waals surface area contributed by atoms with E-state index in [0.29, 0.717) is 27.1 Å². The van der Waals surface area contributed by atoms with Gasteiger partial charge in [0.1, 0.15) is 21.8 Å². The summed E-state index contributed by atoms with van der Waals surface area (Å²) in [6.07, 6.45) is -1.24. The minimum absolute atomic E-state index is 0.112. The maximum Gasteiger partial charge on any atom is 0.338 e. The Morgan fingerprint density at radius 2 is 1.76 bits per heavy atom. The van der Waals surface area contributed by atoms with Crippen LogP contribution in [0.4, 0.5) is 5.69 Å². The molecule has 0 radical (unpaired) electrons. The molecule has 1 aromatic heterocycles. The second kappa shape index (κ2) is 10.4. The number of anilines is 1. The monoisotopic (exact) mass is 546 g/mol. The van der Waals surface area contributed by atoms with Crippen molar-refractivity contribution in [3.05, 3.63) is 65.2 Å². The number of amides is 1. The fraction of sp³-hybridized carbons (Fsp3) is 0.200. The Morgan fingerprint density at radius 1 is 1.03 bits per heavy atom. The van der Waals surface area contributed by atoms with Gasteiger partial charge in [0.15, 0.2) is 6.10 Å². The minimum atomic E-state index is -4.13. The molecular weight excluding hydrogens is 524 g/mol. The van der Waals surface area contributed by atoms with Gasteiger partial charge in [0.25, 0.3) is 15.9 Å². The van der Waals surface area contributed by atoms with E-state index >= 15 is 0 Å². The van der Waals surface area contributed by atoms with Crippen LogP contribution >= 0.6 is 11.6 Å². The molecule has 0 bridgehead atoms. The lowest BCUT2D eigenvalue weighted by atomic mass is 10.1. The number of furan rings is 1. The van der Waals surface area contributed by atoms with Gasteiger partial charge in [-0.2, -0.15) is 0 Å². The summed E-state index contributed by atoms with van der Waals surface area (Å²) in [6.45, 7) is 1.38. The van der Waals surface area contributed by atoms with Crippen LogP contribution in [0.25, 0.3) is 21.9 Å². The van der Waals surface area contributed by atoms with Crippen molar-refractivity contribution < 1.29 is 36.7 Å². The molecule has 10 nitrogen and oxygen atoms in total. The molecule has 0 aliphatic rings. The molecule has 0 aliphatic carbocycles. The van der Waals surface area contributed by atoms with Crippen molar-refractivity contribution in [1.82, 2.24) is 4.47 Å². The summed E-state index contributed by atoms with van der Waals surface area (Å²) in [5.41, 5.74) is 1.43. The van der Waals surface area contributed by atoms with Crippen LogP contribution in [0.3, 0.4) is 0 Å². The van der Waals surface area contributed by atoms with Crippen LogP contribution in [0.15, 0.2) is 63.9 Å². The van der Waals surface area contributed by atoms with Crippen molar-refractivity contribution in [3.63, 3.8) is 0 Å². The van der Waals surface area contributed by atoms with Crippen LogP contribution < -0.4 is 10.1 Å². The van der Waals surface area contributed by atoms with Gasteiger partial charge >= 0.3 is 5.97 Å². The number of esters is 1. The lowest BCUT2D eigenvalue weighted by Crippen LogP contribution is -2.30. The largest absolute Gasteiger partial charge is 0.495 e. The zero-order valence-electron chi connectivity index (χ0n) is 20.3. The number of rotatable bonds is 8. The Morgan fingerprint density at radius 3 is 2.46 bits per heavy atom. The molecule has 1 N–H and O–H groups in total. The topological polar surface area (TPSA) is 124 Å². The van der Waals surface area contributed by atoms with E-state index in [0.717, 1.165) is 16.8 Å². The zero-order valence-corrected chi connectivity index (χ0v) is 21.8. The number of para-hydroxylation sites is 1. The predicted molar refractivity (Wildman–Crippen MR) is 137 cm³/mol. The molecule has 0 saturated carbocycles. The fourth-order valence-electron chi connectivity index (χ4n) is 3.60. The van der Waals surface area contributed by atoms with Gasteiger partial charge in [0, 0.05) is 23.9 Å². The average molecular weight is 547 g/mol. The molecule has 0 saturated heterocycles. The molecule has 12 heteroatoms. The van der Waals surface area contributed by atoms with E-state index < -0.39 is 28.0 Å². The summed E-state index contributed by atoms with van der Waals surface area (Å²) in [6, 6.07) is 14.5. The van der Waals surface area contributed by atoms with Gasteiger partial charge in [-0.1, -0.05) is 34.3 Å². The quantitative estimate of drug-likeness (QED) is 0.251. The standard InChI is InChI=1S/C25H23ClN2O8S/c1-14(35-25(30)15-9-10-18(26)23(11-15)37(31,32)28(2)34-4)24(29)27-19-13-21-17(12-22(19)33-3)16-7-5-6-8-20(16)36-21/h5-14H,1-4H3,(H,27,29)/t14-/m0/s1. The molecule has 1 amide bonds. The van der Waals surface area contributed by atoms with E-state index in [2.05, 4.69) is 5.32 Å². The molecule has 37 heavy (non-hydrogen) atoms. The Bertz CT molecular complexity index is 1620. The zero-order chi connectivity index (χ0) is 26.9. The molecule has 0 fully saturated rings. The number of halogens is 1. The van der Waals surface area contributed by atoms with Crippen LogP contribution in [0.5, 0.6) is 5.75 Å². The molecule has 0 spiro atoms. The normalized spacial score (nSPS) is 12.6. The van der Waals surface area contributed by atoms with Crippen LogP contribution in [-0.4, -0.2) is 52.1 Å². The lowest BCUT2D eigenvalue weighted by Gasteiger charge is -2.17. The fourth-order valence-corrected chi connectivity index (χ4v) is 5.07. The molecular formula is C25H23ClN2O8S. The number of carbonyl (C=O) groups excluding carboxylic acids is 2. The summed E-state index contributed by atoms with van der Waals surface area (Å²) in [7, 11) is -0.307. The molecule has 4 rings (SSSR count). The van der Waals surface area contributed by atoms with Gasteiger partial charge in [0.2, 0.25) is 0 Å². The molecule has 4 aromatic rings. The Kier molecular flexibility index (Phi) is 7.42. The highest BCUT2D eigenvalue weighted by molar-refractivity contribution is 7.89. The number of nitrogens with zero attached hydrogens (tertiary/aromatic N) is 1. The van der Waals surface area contributed by atoms with Gasteiger partial charge in [0.05, 0.1) is 30.5 Å². The number of nitrogens with one attached hydrogen (secondary N) is 1. The summed E-state index contributed by atoms with van der Waals surface area (Å²) in [5.74, 6) is -1.17. The number of hydrogen-bond acceptors (Lipinski definition) is 8. The first-order chi connectivity index (χ1) is 17.6. The van der Waals surface area contributed by atoms with E-state index in [1.54, 1.807) is 12.1 Å². The van der Waals surface area contributed by atoms with Crippen LogP contribution in [0, 0.1) is 0 Å². The summed E-state index contributed by atoms with van der Waals surface area (Å²) in [5, 5.41) is 4.29. The number of methoxy groups -OCH3 is 1. The molecule has 0 aliphatic heterocycles. The third-order valence-electron chi connectivity index (χ3n) is 5.65. The molecule has 1 atom stereocenters. The van der Waals surface area contributed by atoms with Crippen molar-refractivity contribution in [1.29, 1.82) is 0 Å². The smallest absolute Gasteiger partial charge is 0.338 e. The van der Waals surface area contributed by atoms with Crippen LogP contribution in [0.2, 0.25) is 5.02 Å². The van der Waals surface area contributed by atoms with Crippen molar-refractivity contribution >= 4 is 61.1 Å². The van der Waals surface area contributed by atoms with E-state index in [-0.39, 0.29) is 15.5 Å². The summed E-state index contributed by atoms with van der Waals surface area (Å²) >= 11 is 6.03. The average Bonchev–Trinajstić information content (AvgIpc) is 3.24. The molecule has 1 heterocycles. The minimum Gasteiger partial charge on any atom is -0.495 e. The van der Waals surface area contributed by atoms with Gasteiger partial charge in [-0.25, -0.2) is 13.2 Å². The van der Waals surface area contributed by atoms with E-state index in [1.165, 1.54) is 40.3 Å². The Labute approximate surface area is 217 Å². The Balaban J connectivity index is 1.54. The maximum atomic E-state index is 12.8. The van der Waals surface area contributed by atoms with Crippen LogP contribution in [-0.2, 0) is 24.4 Å². The van der Waals surface area contributed by atoms with Crippen molar-refractivity contribution in [2.45, 2.75) is 17.9 Å². The highest BCUT2D eigenvalue weighted by atomic mass is 35.5. The number of carbonyl (C=O) groups is 2. The van der Waals surface area contributed by atoms with Crippen molar-refractivity contribution in [3.8, 4) is 5.75 Å². The number of fused-ring (bicyclic) bond motifs is 3. The van der Waals surface area contributed by atoms with Crippen LogP contribution in [0.1, 0.15) is 17.3 Å². The third kappa shape index (κ3) is 5.12. The van der Waals surface area contributed by atoms with Crippen molar-refractivity contribution in [2.75, 3.05) is 26.6 Å². The predicted octanol–water partition coefficient (Wildman–Crippen LogP) is 4.61. The molecule has 194 valence electrons. The van der Waals surface area contributed by atoms with E-state index in [1.807, 2.05) is 24.3 Å². The number of hydrogen-bond donors (Lipinski definition) is 1. The highest BCUT2D eigenvalue weighted by Gasteiger charge is 2.27. The van der Waals surface area contributed by atoms with Gasteiger partial charge in [-0.15, -0.1) is 0 Å². The van der Waals surface area contributed by atoms with E-state index in [4.69, 9.17) is 30.3 Å². The number of hydroxylamine groups is 1. The second-order valence-electron chi connectivity index (χ2n) is 7.93. The van der Waals surface area contributed by atoms with Gasteiger partial charge in [-0.05, 0) is 37.3 Å². The third-order valence-corrected chi connectivity index (χ3v) is 7.81. The first-order valence-electron chi connectivity index (χ1n) is 10.9.